The molecule has 12 heavy (non-hydrogen) atoms. The minimum absolute atomic E-state index is 0.0633. The van der Waals surface area contributed by atoms with Crippen molar-refractivity contribution in [3.05, 3.63) is 0 Å². The summed E-state index contributed by atoms with van der Waals surface area (Å²) in [6.45, 7) is 4.70. The maximum atomic E-state index is 11.1. The number of rotatable bonds is 4. The highest BCUT2D eigenvalue weighted by atomic mass is 16.5. The molecule has 0 aliphatic rings. The van der Waals surface area contributed by atoms with Crippen LogP contribution >= 0.6 is 0 Å². The van der Waals surface area contributed by atoms with Gasteiger partial charge in [0.05, 0.1) is 6.04 Å². The number of hydrogen-bond acceptors (Lipinski definition) is 3. The van der Waals surface area contributed by atoms with Crippen molar-refractivity contribution in [2.75, 3.05) is 7.11 Å². The molecule has 0 aromatic rings. The van der Waals surface area contributed by atoms with E-state index in [2.05, 4.69) is 5.32 Å². The Morgan fingerprint density at radius 3 is 2.17 bits per heavy atom. The average Bonchev–Trinajstić information content (AvgIpc) is 2.02. The molecule has 4 heteroatoms. The van der Waals surface area contributed by atoms with Gasteiger partial charge in [-0.3, -0.25) is 9.59 Å². The molecule has 0 aromatic carbocycles. The molecule has 2 unspecified atom stereocenters. The van der Waals surface area contributed by atoms with E-state index >= 15 is 0 Å². The zero-order chi connectivity index (χ0) is 9.72. The quantitative estimate of drug-likeness (QED) is 0.656. The number of carbonyl (C=O) groups excluding carboxylic acids is 2. The summed E-state index contributed by atoms with van der Waals surface area (Å²) < 4.78 is 4.77. The van der Waals surface area contributed by atoms with Gasteiger partial charge in [-0.1, -0.05) is 0 Å². The van der Waals surface area contributed by atoms with Gasteiger partial charge < -0.3 is 10.1 Å². The van der Waals surface area contributed by atoms with Crippen LogP contribution in [0.3, 0.4) is 0 Å². The van der Waals surface area contributed by atoms with Crippen LogP contribution in [0.5, 0.6) is 0 Å². The number of ether oxygens (including phenoxy) is 1. The zero-order valence-electron chi connectivity index (χ0n) is 7.88. The fourth-order valence-corrected chi connectivity index (χ4v) is 0.539. The molecule has 0 spiro atoms. The fourth-order valence-electron chi connectivity index (χ4n) is 0.539. The minimum atomic E-state index is -0.508. The molecule has 0 rings (SSSR count). The van der Waals surface area contributed by atoms with Crippen molar-refractivity contribution in [3.8, 4) is 0 Å². The minimum Gasteiger partial charge on any atom is -0.372 e. The normalized spacial score (nSPS) is 15.0. The smallest absolute Gasteiger partial charge is 0.249 e. The highest BCUT2D eigenvalue weighted by Crippen LogP contribution is 1.90. The first-order valence-electron chi connectivity index (χ1n) is 3.82. The molecule has 1 amide bonds. The Bertz CT molecular complexity index is 179. The Morgan fingerprint density at radius 2 is 1.83 bits per heavy atom. The van der Waals surface area contributed by atoms with E-state index in [-0.39, 0.29) is 11.7 Å². The second-order valence-corrected chi connectivity index (χ2v) is 2.72. The van der Waals surface area contributed by atoms with E-state index in [1.807, 2.05) is 0 Å². The van der Waals surface area contributed by atoms with E-state index in [0.717, 1.165) is 0 Å². The van der Waals surface area contributed by atoms with Crippen LogP contribution in [0.2, 0.25) is 0 Å². The van der Waals surface area contributed by atoms with Crippen LogP contribution < -0.4 is 5.32 Å². The van der Waals surface area contributed by atoms with Crippen molar-refractivity contribution in [3.63, 3.8) is 0 Å². The molecule has 0 aliphatic heterocycles. The molecule has 0 bridgehead atoms. The number of methoxy groups -OCH3 is 1. The Balaban J connectivity index is 3.92. The molecule has 4 nitrogen and oxygen atoms in total. The summed E-state index contributed by atoms with van der Waals surface area (Å²) in [5, 5.41) is 2.52. The van der Waals surface area contributed by atoms with Crippen LogP contribution in [-0.4, -0.2) is 30.9 Å². The Labute approximate surface area is 72.3 Å². The Kier molecular flexibility index (Phi) is 4.51. The Hall–Kier alpha value is -0.900. The van der Waals surface area contributed by atoms with Crippen LogP contribution in [0.25, 0.3) is 0 Å². The van der Waals surface area contributed by atoms with Crippen molar-refractivity contribution >= 4 is 11.7 Å². The average molecular weight is 173 g/mol. The molecule has 70 valence electrons. The van der Waals surface area contributed by atoms with Gasteiger partial charge in [0.15, 0.2) is 5.78 Å². The predicted octanol–water partition coefficient (Wildman–Crippen LogP) is 0.115. The second kappa shape index (κ2) is 4.87. The maximum absolute atomic E-state index is 11.1. The van der Waals surface area contributed by atoms with Crippen LogP contribution in [0.4, 0.5) is 0 Å². The first-order valence-corrected chi connectivity index (χ1v) is 3.82. The van der Waals surface area contributed by atoms with Gasteiger partial charge in [-0.05, 0) is 20.8 Å². The Morgan fingerprint density at radius 1 is 1.33 bits per heavy atom. The molecular weight excluding hydrogens is 158 g/mol. The van der Waals surface area contributed by atoms with Crippen LogP contribution in [0.15, 0.2) is 0 Å². The van der Waals surface area contributed by atoms with E-state index in [0.29, 0.717) is 0 Å². The monoisotopic (exact) mass is 173 g/mol. The molecule has 2 atom stereocenters. The van der Waals surface area contributed by atoms with E-state index in [9.17, 15) is 9.59 Å². The van der Waals surface area contributed by atoms with Gasteiger partial charge in [-0.25, -0.2) is 0 Å². The summed E-state index contributed by atoms with van der Waals surface area (Å²) in [5.74, 6) is -0.327. The lowest BCUT2D eigenvalue weighted by Gasteiger charge is -2.13. The SMILES string of the molecule is COC(C)C(=O)NC(C)C(C)=O. The maximum Gasteiger partial charge on any atom is 0.249 e. The van der Waals surface area contributed by atoms with Crippen LogP contribution in [0, 0.1) is 0 Å². The number of Topliss-reactive ketones (excluding diaryl/α,β-unsaturated/α-hetero) is 1. The number of ketones is 1. The van der Waals surface area contributed by atoms with E-state index in [1.54, 1.807) is 13.8 Å². The van der Waals surface area contributed by atoms with E-state index in [4.69, 9.17) is 4.74 Å². The van der Waals surface area contributed by atoms with Gasteiger partial charge in [-0.2, -0.15) is 0 Å². The first-order chi connectivity index (χ1) is 5.49. The summed E-state index contributed by atoms with van der Waals surface area (Å²) in [5.41, 5.74) is 0. The molecule has 0 saturated heterocycles. The molecule has 0 saturated carbocycles. The van der Waals surface area contributed by atoms with Crippen LogP contribution in [0.1, 0.15) is 20.8 Å². The van der Waals surface area contributed by atoms with Gasteiger partial charge in [0.1, 0.15) is 6.10 Å². The standard InChI is InChI=1S/C8H15NO3/c1-5(6(2)10)9-8(11)7(3)12-4/h5,7H,1-4H3,(H,9,11). The number of carbonyl (C=O) groups is 2. The highest BCUT2D eigenvalue weighted by Gasteiger charge is 2.15. The molecule has 1 N–H and O–H groups in total. The second-order valence-electron chi connectivity index (χ2n) is 2.72. The largest absolute Gasteiger partial charge is 0.372 e. The van der Waals surface area contributed by atoms with Gasteiger partial charge in [0.2, 0.25) is 5.91 Å². The molecule has 0 fully saturated rings. The lowest BCUT2D eigenvalue weighted by molar-refractivity contribution is -0.133. The van der Waals surface area contributed by atoms with Crippen molar-refractivity contribution in [2.45, 2.75) is 32.9 Å². The van der Waals surface area contributed by atoms with Crippen molar-refractivity contribution in [2.24, 2.45) is 0 Å². The van der Waals surface area contributed by atoms with Crippen molar-refractivity contribution in [1.82, 2.24) is 5.32 Å². The summed E-state index contributed by atoms with van der Waals surface area (Å²) >= 11 is 0. The van der Waals surface area contributed by atoms with Crippen molar-refractivity contribution < 1.29 is 14.3 Å². The third-order valence-corrected chi connectivity index (χ3v) is 1.69. The lowest BCUT2D eigenvalue weighted by atomic mass is 10.2. The number of amides is 1. The van der Waals surface area contributed by atoms with E-state index in [1.165, 1.54) is 14.0 Å². The van der Waals surface area contributed by atoms with E-state index < -0.39 is 12.1 Å². The van der Waals surface area contributed by atoms with Gasteiger partial charge in [-0.15, -0.1) is 0 Å². The molecular formula is C8H15NO3. The molecule has 0 heterocycles. The van der Waals surface area contributed by atoms with Gasteiger partial charge in [0, 0.05) is 7.11 Å². The zero-order valence-corrected chi connectivity index (χ0v) is 7.88. The van der Waals surface area contributed by atoms with Crippen LogP contribution in [-0.2, 0) is 14.3 Å². The third-order valence-electron chi connectivity index (χ3n) is 1.69. The summed E-state index contributed by atoms with van der Waals surface area (Å²) in [6, 6.07) is -0.435. The number of nitrogens with one attached hydrogen (secondary N) is 1. The topological polar surface area (TPSA) is 55.4 Å². The summed E-state index contributed by atoms with van der Waals surface area (Å²) in [6.07, 6.45) is -0.508. The summed E-state index contributed by atoms with van der Waals surface area (Å²) in [7, 11) is 1.45. The summed E-state index contributed by atoms with van der Waals surface area (Å²) in [4.78, 5) is 21.8. The fraction of sp³-hybridized carbons (Fsp3) is 0.750. The van der Waals surface area contributed by atoms with Gasteiger partial charge >= 0.3 is 0 Å². The predicted molar refractivity (Wildman–Crippen MR) is 44.8 cm³/mol. The highest BCUT2D eigenvalue weighted by molar-refractivity contribution is 5.88. The van der Waals surface area contributed by atoms with Crippen molar-refractivity contribution in [1.29, 1.82) is 0 Å². The molecule has 0 radical (unpaired) electrons. The molecule has 0 aromatic heterocycles. The molecule has 0 aliphatic carbocycles. The lowest BCUT2D eigenvalue weighted by Crippen LogP contribution is -2.42. The first kappa shape index (κ1) is 11.1. The third kappa shape index (κ3) is 3.48. The van der Waals surface area contributed by atoms with Gasteiger partial charge in [0.25, 0.3) is 0 Å². The number of hydrogen-bond donors (Lipinski definition) is 1.